The smallest absolute Gasteiger partial charge is 0.301 e. The molecular weight excluding hydrogens is 267 g/mol. The van der Waals surface area contributed by atoms with E-state index in [4.69, 9.17) is 0 Å². The van der Waals surface area contributed by atoms with E-state index in [0.29, 0.717) is 15.6 Å². The highest BCUT2D eigenvalue weighted by Crippen LogP contribution is 2.21. The van der Waals surface area contributed by atoms with Crippen LogP contribution in [0.3, 0.4) is 0 Å². The molecule has 0 N–H and O–H groups in total. The zero-order valence-corrected chi connectivity index (χ0v) is 10.7. The number of thioether (sulfide) groups is 1. The molecule has 1 aromatic heterocycles. The molecule has 0 aromatic carbocycles. The second kappa shape index (κ2) is 6.48. The molecule has 0 radical (unpaired) electrons. The predicted molar refractivity (Wildman–Crippen MR) is 63.6 cm³/mol. The molecule has 1 heterocycles. The maximum Gasteiger partial charge on any atom is 0.301 e. The van der Waals surface area contributed by atoms with Crippen LogP contribution in [-0.4, -0.2) is 33.3 Å². The minimum atomic E-state index is -2.28. The lowest BCUT2D eigenvalue weighted by molar-refractivity contribution is -0.417. The number of imidazole rings is 1. The second-order valence-corrected chi connectivity index (χ2v) is 4.53. The van der Waals surface area contributed by atoms with Gasteiger partial charge in [0.2, 0.25) is 0 Å². The van der Waals surface area contributed by atoms with Gasteiger partial charge in [-0.05, 0) is 0 Å². The van der Waals surface area contributed by atoms with Gasteiger partial charge in [0.25, 0.3) is 0 Å². The topological polar surface area (TPSA) is 43.9 Å². The summed E-state index contributed by atoms with van der Waals surface area (Å²) in [4.78, 5) is 4.01. The Bertz CT molecular complexity index is 477. The van der Waals surface area contributed by atoms with E-state index in [0.717, 1.165) is 11.8 Å². The Morgan fingerprint density at radius 3 is 2.78 bits per heavy atom. The van der Waals surface area contributed by atoms with E-state index in [1.54, 1.807) is 11.6 Å². The summed E-state index contributed by atoms with van der Waals surface area (Å²) in [5, 5.41) is 11.4. The van der Waals surface area contributed by atoms with Crippen molar-refractivity contribution in [1.29, 1.82) is 0 Å². The van der Waals surface area contributed by atoms with E-state index in [1.165, 1.54) is 19.5 Å². The van der Waals surface area contributed by atoms with E-state index >= 15 is 0 Å². The summed E-state index contributed by atoms with van der Waals surface area (Å²) in [5.41, 5.74) is 0.586. The van der Waals surface area contributed by atoms with Gasteiger partial charge >= 0.3 is 6.08 Å². The van der Waals surface area contributed by atoms with E-state index < -0.39 is 11.9 Å². The first-order chi connectivity index (χ1) is 8.41. The predicted octanol–water partition coefficient (Wildman–Crippen LogP) is 2.54. The molecule has 0 fully saturated rings. The lowest BCUT2D eigenvalue weighted by atomic mass is 10.4. The van der Waals surface area contributed by atoms with Crippen LogP contribution in [0.4, 0.5) is 13.2 Å². The monoisotopic (exact) mass is 279 g/mol. The van der Waals surface area contributed by atoms with Crippen molar-refractivity contribution in [3.63, 3.8) is 0 Å². The van der Waals surface area contributed by atoms with E-state index in [2.05, 4.69) is 4.98 Å². The van der Waals surface area contributed by atoms with Gasteiger partial charge in [-0.15, -0.1) is 0 Å². The first-order valence-electron chi connectivity index (χ1n) is 5.00. The van der Waals surface area contributed by atoms with Crippen LogP contribution in [0.2, 0.25) is 0 Å². The van der Waals surface area contributed by atoms with Gasteiger partial charge in [0.05, 0.1) is 6.20 Å². The fourth-order valence-electron chi connectivity index (χ4n) is 1.17. The number of aromatic nitrogens is 2. The molecule has 18 heavy (non-hydrogen) atoms. The minimum Gasteiger partial charge on any atom is -0.624 e. The number of nitrogens with zero attached hydrogens (tertiary/aromatic N) is 3. The Morgan fingerprint density at radius 2 is 2.22 bits per heavy atom. The summed E-state index contributed by atoms with van der Waals surface area (Å²) >= 11 is 1.14. The molecule has 0 saturated carbocycles. The third-order valence-corrected chi connectivity index (χ3v) is 3.10. The number of allylic oxidation sites excluding steroid dienone is 1. The van der Waals surface area contributed by atoms with Crippen molar-refractivity contribution >= 4 is 18.0 Å². The Hall–Kier alpha value is -1.44. The van der Waals surface area contributed by atoms with Gasteiger partial charge in [0, 0.05) is 19.2 Å². The molecule has 0 saturated heterocycles. The van der Waals surface area contributed by atoms with Crippen LogP contribution in [-0.2, 0) is 7.05 Å². The summed E-state index contributed by atoms with van der Waals surface area (Å²) in [6.07, 6.45) is 0.190. The average Bonchev–Trinajstić information content (AvgIpc) is 2.60. The molecule has 1 aromatic rings. The first kappa shape index (κ1) is 14.6. The molecule has 1 rings (SSSR count). The van der Waals surface area contributed by atoms with Crippen molar-refractivity contribution in [3.05, 3.63) is 29.0 Å². The molecule has 0 aliphatic carbocycles. The van der Waals surface area contributed by atoms with E-state index in [-0.39, 0.29) is 12.2 Å². The first-order valence-corrected chi connectivity index (χ1v) is 5.99. The molecule has 0 bridgehead atoms. The van der Waals surface area contributed by atoms with Crippen LogP contribution in [0, 0.1) is 5.21 Å². The maximum atomic E-state index is 12.5. The van der Waals surface area contributed by atoms with Gasteiger partial charge in [-0.3, -0.25) is 0 Å². The maximum absolute atomic E-state index is 12.5. The molecule has 0 aliphatic heterocycles. The van der Waals surface area contributed by atoms with E-state index in [9.17, 15) is 18.4 Å². The average molecular weight is 279 g/mol. The Labute approximate surface area is 106 Å². The zero-order chi connectivity index (χ0) is 13.7. The quantitative estimate of drug-likeness (QED) is 0.273. The van der Waals surface area contributed by atoms with Crippen LogP contribution in [0.25, 0.3) is 0 Å². The number of hydroxylamine groups is 1. The van der Waals surface area contributed by atoms with E-state index in [1.807, 2.05) is 0 Å². The summed E-state index contributed by atoms with van der Waals surface area (Å²) in [6.45, 7) is 0. The molecule has 0 atom stereocenters. The largest absolute Gasteiger partial charge is 0.624 e. The molecule has 8 heteroatoms. The zero-order valence-electron chi connectivity index (χ0n) is 9.86. The molecule has 100 valence electrons. The van der Waals surface area contributed by atoms with Crippen LogP contribution in [0.15, 0.2) is 23.3 Å². The second-order valence-electron chi connectivity index (χ2n) is 3.46. The Morgan fingerprint density at radius 1 is 1.56 bits per heavy atom. The normalized spacial score (nSPS) is 11.7. The summed E-state index contributed by atoms with van der Waals surface area (Å²) in [6, 6.07) is 0. The van der Waals surface area contributed by atoms with Gasteiger partial charge in [-0.2, -0.15) is 8.78 Å². The number of hydrogen-bond donors (Lipinski definition) is 0. The Kier molecular flexibility index (Phi) is 5.26. The molecule has 0 amide bonds. The highest BCUT2D eigenvalue weighted by Gasteiger charge is 2.09. The molecule has 4 nitrogen and oxygen atoms in total. The number of hydrogen-bond acceptors (Lipinski definition) is 3. The fourth-order valence-corrected chi connectivity index (χ4v) is 2.06. The fraction of sp³-hybridized carbons (Fsp3) is 0.400. The van der Waals surface area contributed by atoms with Gasteiger partial charge < -0.3 is 9.77 Å². The molecular formula is C10H12F3N3OS. The van der Waals surface area contributed by atoms with Crippen LogP contribution in [0.5, 0.6) is 0 Å². The van der Waals surface area contributed by atoms with Crippen LogP contribution >= 0.6 is 11.8 Å². The summed E-state index contributed by atoms with van der Waals surface area (Å²) in [5.74, 6) is -1.25. The Balaban J connectivity index is 2.62. The van der Waals surface area contributed by atoms with Crippen molar-refractivity contribution in [1.82, 2.24) is 9.55 Å². The summed E-state index contributed by atoms with van der Waals surface area (Å²) < 4.78 is 38.4. The standard InChI is InChI=1S/C10H12F3N3OS/c1-15(17)6-7-5-14-10(16(7)2)18-4-3-8(11)9(12)13/h5-6H,3-4H2,1-2H3/b15-6-. The van der Waals surface area contributed by atoms with Crippen LogP contribution in [0.1, 0.15) is 12.1 Å². The van der Waals surface area contributed by atoms with Crippen molar-refractivity contribution in [3.8, 4) is 0 Å². The lowest BCUT2D eigenvalue weighted by Gasteiger charge is -2.02. The molecule has 0 unspecified atom stereocenters. The highest BCUT2D eigenvalue weighted by molar-refractivity contribution is 7.99. The van der Waals surface area contributed by atoms with Crippen molar-refractivity contribution in [2.45, 2.75) is 11.6 Å². The van der Waals surface area contributed by atoms with Crippen molar-refractivity contribution in [2.24, 2.45) is 7.05 Å². The van der Waals surface area contributed by atoms with Gasteiger partial charge in [-0.1, -0.05) is 11.8 Å². The SMILES string of the molecule is Cn1c(/C=[N+](/C)[O-])cnc1SCCC(F)=C(F)F. The van der Waals surface area contributed by atoms with Gasteiger partial charge in [0.15, 0.2) is 17.2 Å². The minimum absolute atomic E-state index is 0.153. The van der Waals surface area contributed by atoms with Gasteiger partial charge in [-0.25, -0.2) is 14.1 Å². The molecule has 0 spiro atoms. The third kappa shape index (κ3) is 4.10. The number of halogens is 3. The lowest BCUT2D eigenvalue weighted by Crippen LogP contribution is -2.03. The van der Waals surface area contributed by atoms with Gasteiger partial charge in [0.1, 0.15) is 12.7 Å². The highest BCUT2D eigenvalue weighted by atomic mass is 32.2. The van der Waals surface area contributed by atoms with Crippen molar-refractivity contribution in [2.75, 3.05) is 12.8 Å². The molecule has 0 aliphatic rings. The number of rotatable bonds is 5. The van der Waals surface area contributed by atoms with Crippen LogP contribution < -0.4 is 0 Å². The van der Waals surface area contributed by atoms with Crippen molar-refractivity contribution < 1.29 is 17.9 Å². The third-order valence-electron chi connectivity index (χ3n) is 2.05. The summed E-state index contributed by atoms with van der Waals surface area (Å²) in [7, 11) is 3.02.